The summed E-state index contributed by atoms with van der Waals surface area (Å²) in [6, 6.07) is 13.2. The summed E-state index contributed by atoms with van der Waals surface area (Å²) in [6.45, 7) is 11.4. The lowest BCUT2D eigenvalue weighted by atomic mass is 10.0. The minimum absolute atomic E-state index is 0.452. The minimum Gasteiger partial charge on any atom is -0.494 e. The molecular weight excluding hydrogens is 437 g/mol. The maximum Gasteiger partial charge on any atom is 0.416 e. The van der Waals surface area contributed by atoms with Crippen LogP contribution in [0.3, 0.4) is 0 Å². The van der Waals surface area contributed by atoms with E-state index < -0.39 is 11.7 Å². The van der Waals surface area contributed by atoms with Gasteiger partial charge in [-0.15, -0.1) is 0 Å². The zero-order chi connectivity index (χ0) is 25.1. The molecule has 2 aromatic carbocycles. The van der Waals surface area contributed by atoms with Crippen molar-refractivity contribution in [3.63, 3.8) is 0 Å². The van der Waals surface area contributed by atoms with Crippen molar-refractivity contribution >= 4 is 16.5 Å². The van der Waals surface area contributed by atoms with Gasteiger partial charge in [-0.3, -0.25) is 0 Å². The maximum absolute atomic E-state index is 12.8. The number of halogens is 3. The molecule has 0 amide bonds. The summed E-state index contributed by atoms with van der Waals surface area (Å²) in [4.78, 5) is 4.91. The molecule has 0 atom stereocenters. The second-order valence-electron chi connectivity index (χ2n) is 7.33. The van der Waals surface area contributed by atoms with E-state index in [1.165, 1.54) is 12.1 Å². The first-order valence-electron chi connectivity index (χ1n) is 11.6. The molecule has 3 nitrogen and oxygen atoms in total. The number of hydrogen-bond acceptors (Lipinski definition) is 3. The standard InChI is InChI=1S/C26H27F3N2O.C2H6/c1-4-7-19(5-2)25-21(14-20-10-13-23(32-6-3)15-24(20)31-25)17-30-16-18-8-11-22(12-9-18)26(27,28)29;1-2/h4-5,7-15,30H,6,16-17H2,1-3H3;1-2H3/b7-4-,19-5+;. The van der Waals surface area contributed by atoms with Crippen LogP contribution in [0.4, 0.5) is 13.2 Å². The smallest absolute Gasteiger partial charge is 0.416 e. The SMILES string of the molecule is C/C=C\C(=C/C)c1nc2cc(OCC)ccc2cc1CNCc1ccc(C(F)(F)F)cc1.CC. The Morgan fingerprint density at radius 3 is 2.29 bits per heavy atom. The van der Waals surface area contributed by atoms with Crippen molar-refractivity contribution < 1.29 is 17.9 Å². The van der Waals surface area contributed by atoms with Gasteiger partial charge in [-0.2, -0.15) is 13.2 Å². The second kappa shape index (κ2) is 12.9. The highest BCUT2D eigenvalue weighted by Gasteiger charge is 2.29. The van der Waals surface area contributed by atoms with Crippen molar-refractivity contribution in [3.05, 3.63) is 89.1 Å². The predicted molar refractivity (Wildman–Crippen MR) is 135 cm³/mol. The molecule has 3 rings (SSSR count). The Kier molecular flexibility index (Phi) is 10.3. The van der Waals surface area contributed by atoms with Crippen molar-refractivity contribution in [1.29, 1.82) is 0 Å². The Hall–Kier alpha value is -3.12. The van der Waals surface area contributed by atoms with E-state index in [1.807, 2.05) is 71.0 Å². The Labute approximate surface area is 200 Å². The van der Waals surface area contributed by atoms with Crippen LogP contribution in [0.25, 0.3) is 16.5 Å². The molecule has 1 N–H and O–H groups in total. The summed E-state index contributed by atoms with van der Waals surface area (Å²) in [5.41, 5.74) is 3.88. The highest BCUT2D eigenvalue weighted by molar-refractivity contribution is 5.85. The number of hydrogen-bond donors (Lipinski definition) is 1. The third kappa shape index (κ3) is 7.19. The van der Waals surface area contributed by atoms with Crippen molar-refractivity contribution in [3.8, 4) is 5.75 Å². The molecule has 0 bridgehead atoms. The minimum atomic E-state index is -4.32. The van der Waals surface area contributed by atoms with E-state index in [-0.39, 0.29) is 0 Å². The fourth-order valence-corrected chi connectivity index (χ4v) is 3.48. The number of nitrogens with zero attached hydrogens (tertiary/aromatic N) is 1. The summed E-state index contributed by atoms with van der Waals surface area (Å²) in [5, 5.41) is 4.34. The molecule has 0 aliphatic heterocycles. The van der Waals surface area contributed by atoms with Crippen LogP contribution < -0.4 is 10.1 Å². The Morgan fingerprint density at radius 2 is 1.71 bits per heavy atom. The molecule has 1 heterocycles. The Balaban J connectivity index is 0.00000199. The van der Waals surface area contributed by atoms with Gasteiger partial charge in [0.25, 0.3) is 0 Å². The lowest BCUT2D eigenvalue weighted by Gasteiger charge is -2.14. The Morgan fingerprint density at radius 1 is 1.00 bits per heavy atom. The molecular formula is C28H33F3N2O. The van der Waals surface area contributed by atoms with E-state index in [2.05, 4.69) is 11.4 Å². The topological polar surface area (TPSA) is 34.1 Å². The molecule has 34 heavy (non-hydrogen) atoms. The largest absolute Gasteiger partial charge is 0.494 e. The lowest BCUT2D eigenvalue weighted by molar-refractivity contribution is -0.137. The number of pyridine rings is 1. The van der Waals surface area contributed by atoms with Crippen LogP contribution >= 0.6 is 0 Å². The van der Waals surface area contributed by atoms with Gasteiger partial charge in [0.1, 0.15) is 5.75 Å². The van der Waals surface area contributed by atoms with Gasteiger partial charge in [-0.1, -0.05) is 44.2 Å². The number of rotatable bonds is 8. The van der Waals surface area contributed by atoms with E-state index in [4.69, 9.17) is 9.72 Å². The summed E-state index contributed by atoms with van der Waals surface area (Å²) in [6.07, 6.45) is 1.67. The van der Waals surface area contributed by atoms with Crippen LogP contribution in [-0.4, -0.2) is 11.6 Å². The number of nitrogens with one attached hydrogen (secondary N) is 1. The first-order valence-corrected chi connectivity index (χ1v) is 11.6. The summed E-state index contributed by atoms with van der Waals surface area (Å²) in [5.74, 6) is 0.777. The molecule has 0 radical (unpaired) electrons. The van der Waals surface area contributed by atoms with E-state index in [0.717, 1.165) is 51.2 Å². The highest BCUT2D eigenvalue weighted by Crippen LogP contribution is 2.29. The number of benzene rings is 2. The van der Waals surface area contributed by atoms with Crippen molar-refractivity contribution in [2.75, 3.05) is 6.61 Å². The average Bonchev–Trinajstić information content (AvgIpc) is 2.83. The monoisotopic (exact) mass is 470 g/mol. The van der Waals surface area contributed by atoms with Crippen molar-refractivity contribution in [2.24, 2.45) is 0 Å². The second-order valence-corrected chi connectivity index (χ2v) is 7.33. The van der Waals surface area contributed by atoms with E-state index >= 15 is 0 Å². The van der Waals surface area contributed by atoms with Crippen molar-refractivity contribution in [2.45, 2.75) is 53.9 Å². The zero-order valence-corrected chi connectivity index (χ0v) is 20.5. The quantitative estimate of drug-likeness (QED) is 0.339. The summed E-state index contributed by atoms with van der Waals surface area (Å²) >= 11 is 0. The average molecular weight is 471 g/mol. The van der Waals surface area contributed by atoms with Crippen LogP contribution in [0.2, 0.25) is 0 Å². The van der Waals surface area contributed by atoms with Gasteiger partial charge < -0.3 is 10.1 Å². The van der Waals surface area contributed by atoms with Crippen LogP contribution in [0, 0.1) is 0 Å². The number of fused-ring (bicyclic) bond motifs is 1. The van der Waals surface area contributed by atoms with Gasteiger partial charge in [-0.25, -0.2) is 4.98 Å². The predicted octanol–water partition coefficient (Wildman–Crippen LogP) is 7.95. The van der Waals surface area contributed by atoms with Gasteiger partial charge in [0, 0.05) is 24.5 Å². The van der Waals surface area contributed by atoms with E-state index in [1.54, 1.807) is 0 Å². The maximum atomic E-state index is 12.8. The van der Waals surface area contributed by atoms with Crippen LogP contribution in [0.1, 0.15) is 57.0 Å². The third-order valence-corrected chi connectivity index (χ3v) is 5.04. The van der Waals surface area contributed by atoms with Gasteiger partial charge in [0.2, 0.25) is 0 Å². The molecule has 182 valence electrons. The summed E-state index contributed by atoms with van der Waals surface area (Å²) < 4.78 is 43.9. The summed E-state index contributed by atoms with van der Waals surface area (Å²) in [7, 11) is 0. The van der Waals surface area contributed by atoms with E-state index in [9.17, 15) is 13.2 Å². The molecule has 0 aliphatic carbocycles. The van der Waals surface area contributed by atoms with Gasteiger partial charge >= 0.3 is 6.18 Å². The van der Waals surface area contributed by atoms with Crippen LogP contribution in [0.15, 0.2) is 66.8 Å². The van der Waals surface area contributed by atoms with Crippen LogP contribution in [0.5, 0.6) is 5.75 Å². The first-order chi connectivity index (χ1) is 16.4. The van der Waals surface area contributed by atoms with E-state index in [0.29, 0.717) is 19.7 Å². The highest BCUT2D eigenvalue weighted by atomic mass is 19.4. The van der Waals surface area contributed by atoms with Crippen LogP contribution in [-0.2, 0) is 19.3 Å². The molecule has 0 saturated carbocycles. The number of aromatic nitrogens is 1. The van der Waals surface area contributed by atoms with Gasteiger partial charge in [0.15, 0.2) is 0 Å². The number of alkyl halides is 3. The number of allylic oxidation sites excluding steroid dienone is 4. The molecule has 0 spiro atoms. The molecule has 0 saturated heterocycles. The van der Waals surface area contributed by atoms with Gasteiger partial charge in [-0.05, 0) is 67.8 Å². The lowest BCUT2D eigenvalue weighted by Crippen LogP contribution is -2.15. The number of ether oxygens (including phenoxy) is 1. The molecule has 0 unspecified atom stereocenters. The normalized spacial score (nSPS) is 12.1. The fourth-order valence-electron chi connectivity index (χ4n) is 3.48. The molecule has 6 heteroatoms. The Bertz CT molecular complexity index is 1120. The molecule has 0 fully saturated rings. The molecule has 0 aliphatic rings. The molecule has 3 aromatic rings. The van der Waals surface area contributed by atoms with Gasteiger partial charge in [0.05, 0.1) is 23.4 Å². The molecule has 1 aromatic heterocycles. The zero-order valence-electron chi connectivity index (χ0n) is 20.5. The fraction of sp³-hybridized carbons (Fsp3) is 0.321. The third-order valence-electron chi connectivity index (χ3n) is 5.04. The van der Waals surface area contributed by atoms with Crippen molar-refractivity contribution in [1.82, 2.24) is 10.3 Å². The first kappa shape index (κ1) is 27.1.